The molecule has 22 heavy (non-hydrogen) atoms. The molecule has 1 amide bonds. The first-order valence-electron chi connectivity index (χ1n) is 6.18. The zero-order chi connectivity index (χ0) is 16.2. The molecule has 0 aliphatic heterocycles. The first kappa shape index (κ1) is 16.6. The number of nitrogens with one attached hydrogen (secondary N) is 1. The third kappa shape index (κ3) is 4.12. The van der Waals surface area contributed by atoms with E-state index in [9.17, 15) is 13.2 Å². The number of carbonyl (C=O) groups excluding carboxylic acids is 1. The fourth-order valence-electron chi connectivity index (χ4n) is 1.70. The van der Waals surface area contributed by atoms with Crippen molar-refractivity contribution in [2.45, 2.75) is 11.5 Å². The number of nitrogens with zero attached hydrogens (tertiary/aromatic N) is 1. The van der Waals surface area contributed by atoms with Crippen molar-refractivity contribution in [2.75, 3.05) is 7.11 Å². The SMILES string of the molecule is COCc1ccc(C(=O)NS(=O)(=O)c2cncc(Br)c2)cc1. The van der Waals surface area contributed by atoms with Crippen LogP contribution in [0.5, 0.6) is 0 Å². The Hall–Kier alpha value is -1.77. The first-order valence-corrected chi connectivity index (χ1v) is 8.45. The van der Waals surface area contributed by atoms with E-state index in [-0.39, 0.29) is 10.5 Å². The average Bonchev–Trinajstić information content (AvgIpc) is 2.48. The van der Waals surface area contributed by atoms with E-state index in [1.54, 1.807) is 31.4 Å². The van der Waals surface area contributed by atoms with Gasteiger partial charge in [-0.05, 0) is 39.7 Å². The normalized spacial score (nSPS) is 11.2. The summed E-state index contributed by atoms with van der Waals surface area (Å²) in [5, 5.41) is 0. The second-order valence-corrected chi connectivity index (χ2v) is 7.00. The molecule has 1 aromatic carbocycles. The van der Waals surface area contributed by atoms with E-state index in [1.807, 2.05) is 4.72 Å². The molecule has 1 heterocycles. The summed E-state index contributed by atoms with van der Waals surface area (Å²) >= 11 is 3.14. The summed E-state index contributed by atoms with van der Waals surface area (Å²) in [7, 11) is -2.40. The number of carbonyl (C=O) groups is 1. The van der Waals surface area contributed by atoms with Crippen molar-refractivity contribution in [3.63, 3.8) is 0 Å². The minimum atomic E-state index is -3.97. The highest BCUT2D eigenvalue weighted by Crippen LogP contribution is 2.14. The standard InChI is InChI=1S/C14H13BrN2O4S/c1-21-9-10-2-4-11(5-3-10)14(18)17-22(19,20)13-6-12(15)7-16-8-13/h2-8H,9H2,1H3,(H,17,18). The lowest BCUT2D eigenvalue weighted by Crippen LogP contribution is -2.30. The summed E-state index contributed by atoms with van der Waals surface area (Å²) in [4.78, 5) is 15.7. The molecule has 0 radical (unpaired) electrons. The zero-order valence-electron chi connectivity index (χ0n) is 11.6. The summed E-state index contributed by atoms with van der Waals surface area (Å²) in [5.41, 5.74) is 1.13. The number of aromatic nitrogens is 1. The molecule has 0 saturated heterocycles. The van der Waals surface area contributed by atoms with Gasteiger partial charge in [-0.1, -0.05) is 12.1 Å². The van der Waals surface area contributed by atoms with Crippen LogP contribution in [0.4, 0.5) is 0 Å². The molecule has 2 aromatic rings. The van der Waals surface area contributed by atoms with Gasteiger partial charge in [-0.25, -0.2) is 13.1 Å². The molecule has 1 N–H and O–H groups in total. The van der Waals surface area contributed by atoms with Crippen LogP contribution in [0.25, 0.3) is 0 Å². The maximum Gasteiger partial charge on any atom is 0.265 e. The van der Waals surface area contributed by atoms with Gasteiger partial charge >= 0.3 is 0 Å². The lowest BCUT2D eigenvalue weighted by Gasteiger charge is -2.07. The quantitative estimate of drug-likeness (QED) is 0.852. The number of halogens is 1. The molecule has 0 bridgehead atoms. The van der Waals surface area contributed by atoms with E-state index in [0.717, 1.165) is 5.56 Å². The Morgan fingerprint density at radius 2 is 1.95 bits per heavy atom. The van der Waals surface area contributed by atoms with Gasteiger partial charge in [0.25, 0.3) is 15.9 Å². The first-order chi connectivity index (χ1) is 10.4. The number of amides is 1. The second kappa shape index (κ2) is 6.99. The van der Waals surface area contributed by atoms with Crippen LogP contribution >= 0.6 is 15.9 Å². The van der Waals surface area contributed by atoms with Gasteiger partial charge in [0.05, 0.1) is 6.61 Å². The molecule has 2 rings (SSSR count). The number of hydrogen-bond acceptors (Lipinski definition) is 5. The van der Waals surface area contributed by atoms with Crippen LogP contribution < -0.4 is 4.72 Å². The zero-order valence-corrected chi connectivity index (χ0v) is 14.0. The van der Waals surface area contributed by atoms with Crippen LogP contribution in [0.1, 0.15) is 15.9 Å². The summed E-state index contributed by atoms with van der Waals surface area (Å²) in [6, 6.07) is 7.85. The number of ether oxygens (including phenoxy) is 1. The lowest BCUT2D eigenvalue weighted by atomic mass is 10.1. The fraction of sp³-hybridized carbons (Fsp3) is 0.143. The van der Waals surface area contributed by atoms with Crippen LogP contribution in [0.15, 0.2) is 52.1 Å². The van der Waals surface area contributed by atoms with Crippen molar-refractivity contribution < 1.29 is 17.9 Å². The van der Waals surface area contributed by atoms with E-state index in [0.29, 0.717) is 11.1 Å². The highest BCUT2D eigenvalue weighted by molar-refractivity contribution is 9.10. The van der Waals surface area contributed by atoms with Gasteiger partial charge in [-0.2, -0.15) is 0 Å². The molecule has 0 saturated carbocycles. The van der Waals surface area contributed by atoms with E-state index >= 15 is 0 Å². The second-order valence-electron chi connectivity index (χ2n) is 4.40. The Morgan fingerprint density at radius 1 is 1.27 bits per heavy atom. The molecule has 0 atom stereocenters. The van der Waals surface area contributed by atoms with Crippen LogP contribution in [-0.4, -0.2) is 26.4 Å². The molecular formula is C14H13BrN2O4S. The van der Waals surface area contributed by atoms with Gasteiger partial charge in [-0.15, -0.1) is 0 Å². The van der Waals surface area contributed by atoms with Crippen molar-refractivity contribution in [3.8, 4) is 0 Å². The van der Waals surface area contributed by atoms with Crippen molar-refractivity contribution in [1.82, 2.24) is 9.71 Å². The third-order valence-electron chi connectivity index (χ3n) is 2.74. The van der Waals surface area contributed by atoms with E-state index < -0.39 is 15.9 Å². The minimum absolute atomic E-state index is 0.0915. The maximum atomic E-state index is 12.1. The van der Waals surface area contributed by atoms with Gasteiger partial charge in [0.15, 0.2) is 0 Å². The minimum Gasteiger partial charge on any atom is -0.380 e. The largest absolute Gasteiger partial charge is 0.380 e. The lowest BCUT2D eigenvalue weighted by molar-refractivity contribution is 0.0981. The molecule has 116 valence electrons. The highest BCUT2D eigenvalue weighted by Gasteiger charge is 2.19. The van der Waals surface area contributed by atoms with E-state index in [1.165, 1.54) is 18.5 Å². The Balaban J connectivity index is 2.17. The monoisotopic (exact) mass is 384 g/mol. The van der Waals surface area contributed by atoms with Crippen molar-refractivity contribution in [2.24, 2.45) is 0 Å². The summed E-state index contributed by atoms with van der Waals surface area (Å²) in [5.74, 6) is -0.705. The molecular weight excluding hydrogens is 372 g/mol. The number of hydrogen-bond donors (Lipinski definition) is 1. The Kier molecular flexibility index (Phi) is 5.28. The number of rotatable bonds is 5. The van der Waals surface area contributed by atoms with Crippen molar-refractivity contribution in [1.29, 1.82) is 0 Å². The topological polar surface area (TPSA) is 85.4 Å². The Morgan fingerprint density at radius 3 is 2.55 bits per heavy atom. The highest BCUT2D eigenvalue weighted by atomic mass is 79.9. The average molecular weight is 385 g/mol. The number of sulfonamides is 1. The predicted octanol–water partition coefficient (Wildman–Crippen LogP) is 2.11. The smallest absolute Gasteiger partial charge is 0.265 e. The van der Waals surface area contributed by atoms with Crippen LogP contribution in [-0.2, 0) is 21.4 Å². The van der Waals surface area contributed by atoms with Gasteiger partial charge in [0.2, 0.25) is 0 Å². The molecule has 0 spiro atoms. The predicted molar refractivity (Wildman–Crippen MR) is 83.7 cm³/mol. The number of pyridine rings is 1. The Bertz CT molecular complexity index is 776. The third-order valence-corrected chi connectivity index (χ3v) is 4.48. The molecule has 6 nitrogen and oxygen atoms in total. The summed E-state index contributed by atoms with van der Waals surface area (Å²) in [6.45, 7) is 0.421. The van der Waals surface area contributed by atoms with Crippen molar-refractivity contribution >= 4 is 31.9 Å². The summed E-state index contributed by atoms with van der Waals surface area (Å²) < 4.78 is 31.7. The van der Waals surface area contributed by atoms with Gasteiger partial charge in [-0.3, -0.25) is 9.78 Å². The van der Waals surface area contributed by atoms with Crippen LogP contribution in [0.3, 0.4) is 0 Å². The van der Waals surface area contributed by atoms with Gasteiger partial charge < -0.3 is 4.74 Å². The maximum absolute atomic E-state index is 12.1. The van der Waals surface area contributed by atoms with E-state index in [4.69, 9.17) is 4.74 Å². The molecule has 1 aromatic heterocycles. The number of methoxy groups -OCH3 is 1. The molecule has 0 fully saturated rings. The molecule has 0 aliphatic rings. The van der Waals surface area contributed by atoms with Gasteiger partial charge in [0, 0.05) is 29.5 Å². The van der Waals surface area contributed by atoms with Crippen LogP contribution in [0.2, 0.25) is 0 Å². The van der Waals surface area contributed by atoms with Crippen LogP contribution in [0, 0.1) is 0 Å². The molecule has 8 heteroatoms. The molecule has 0 unspecified atom stereocenters. The Labute approximate surface area is 136 Å². The summed E-state index contributed by atoms with van der Waals surface area (Å²) in [6.07, 6.45) is 2.62. The van der Waals surface area contributed by atoms with Gasteiger partial charge in [0.1, 0.15) is 4.90 Å². The van der Waals surface area contributed by atoms with Crippen molar-refractivity contribution in [3.05, 3.63) is 58.3 Å². The number of benzene rings is 1. The molecule has 0 aliphatic carbocycles. The van der Waals surface area contributed by atoms with E-state index in [2.05, 4.69) is 20.9 Å². The fourth-order valence-corrected chi connectivity index (χ4v) is 3.18.